The number of aryl methyl sites for hydroxylation is 1. The number of hydrogen-bond acceptors (Lipinski definition) is 5. The molecule has 4 rings (SSSR count). The first-order valence-corrected chi connectivity index (χ1v) is 14.6. The van der Waals surface area contributed by atoms with Crippen LogP contribution in [0.1, 0.15) is 55.9 Å². The Labute approximate surface area is 254 Å². The highest BCUT2D eigenvalue weighted by molar-refractivity contribution is 6.00. The lowest BCUT2D eigenvalue weighted by atomic mass is 9.99. The number of aliphatic hydroxyl groups is 1. The Balaban J connectivity index is 1.48. The Bertz CT molecular complexity index is 1490. The summed E-state index contributed by atoms with van der Waals surface area (Å²) in [5.41, 5.74) is 4.67. The molecule has 2 amide bonds. The quantitative estimate of drug-likeness (QED) is 0.199. The number of carbonyl (C=O) groups is 2. The zero-order valence-corrected chi connectivity index (χ0v) is 25.3. The third-order valence-corrected chi connectivity index (χ3v) is 7.67. The average molecular weight is 580 g/mol. The lowest BCUT2D eigenvalue weighted by Gasteiger charge is -2.26. The van der Waals surface area contributed by atoms with Gasteiger partial charge in [0.15, 0.2) is 0 Å². The van der Waals surface area contributed by atoms with Crippen molar-refractivity contribution < 1.29 is 19.4 Å². The highest BCUT2D eigenvalue weighted by atomic mass is 16.5. The number of rotatable bonds is 13. The van der Waals surface area contributed by atoms with Crippen LogP contribution < -0.4 is 15.4 Å². The number of aliphatic hydroxyl groups excluding tert-OH is 1. The summed E-state index contributed by atoms with van der Waals surface area (Å²) in [6.45, 7) is 4.66. The summed E-state index contributed by atoms with van der Waals surface area (Å²) in [4.78, 5) is 28.7. The second-order valence-electron chi connectivity index (χ2n) is 10.9. The minimum atomic E-state index is -0.862. The number of amides is 2. The number of methoxy groups -OCH3 is 1. The molecule has 0 aliphatic carbocycles. The second-order valence-corrected chi connectivity index (χ2v) is 10.9. The van der Waals surface area contributed by atoms with Crippen LogP contribution in [-0.2, 0) is 13.0 Å². The Kier molecular flexibility index (Phi) is 11.1. The maximum absolute atomic E-state index is 13.6. The summed E-state index contributed by atoms with van der Waals surface area (Å²) in [6.07, 6.45) is -0.415. The lowest BCUT2D eigenvalue weighted by molar-refractivity contribution is 0.0742. The molecule has 0 radical (unpaired) electrons. The molecule has 0 unspecified atom stereocenters. The van der Waals surface area contributed by atoms with Gasteiger partial charge in [-0.3, -0.25) is 9.59 Å². The Hall–Kier alpha value is -4.46. The average Bonchev–Trinajstić information content (AvgIpc) is 3.04. The largest absolute Gasteiger partial charge is 0.497 e. The van der Waals surface area contributed by atoms with E-state index in [0.717, 1.165) is 28.0 Å². The molecule has 3 atom stereocenters. The Morgan fingerprint density at radius 3 is 2.21 bits per heavy atom. The van der Waals surface area contributed by atoms with Gasteiger partial charge in [-0.2, -0.15) is 0 Å². The summed E-state index contributed by atoms with van der Waals surface area (Å²) in [5, 5.41) is 17.6. The van der Waals surface area contributed by atoms with Crippen LogP contribution in [0.3, 0.4) is 0 Å². The first kappa shape index (κ1) is 31.5. The number of benzene rings is 4. The van der Waals surface area contributed by atoms with Gasteiger partial charge in [0.05, 0.1) is 25.3 Å². The van der Waals surface area contributed by atoms with Crippen LogP contribution in [0.15, 0.2) is 103 Å². The zero-order valence-electron chi connectivity index (χ0n) is 25.3. The molecule has 0 aliphatic rings. The summed E-state index contributed by atoms with van der Waals surface area (Å²) in [7, 11) is 3.40. The molecule has 43 heavy (non-hydrogen) atoms. The van der Waals surface area contributed by atoms with E-state index in [0.29, 0.717) is 24.1 Å². The highest BCUT2D eigenvalue weighted by Crippen LogP contribution is 2.22. The predicted octanol–water partition coefficient (Wildman–Crippen LogP) is 5.33. The van der Waals surface area contributed by atoms with Crippen molar-refractivity contribution in [1.82, 2.24) is 15.5 Å². The van der Waals surface area contributed by atoms with Crippen LogP contribution in [0, 0.1) is 6.92 Å². The van der Waals surface area contributed by atoms with E-state index in [1.165, 1.54) is 0 Å². The smallest absolute Gasteiger partial charge is 0.254 e. The molecule has 0 bridgehead atoms. The molecule has 0 spiro atoms. The van der Waals surface area contributed by atoms with E-state index in [4.69, 9.17) is 4.74 Å². The van der Waals surface area contributed by atoms with Gasteiger partial charge in [-0.25, -0.2) is 0 Å². The van der Waals surface area contributed by atoms with Gasteiger partial charge in [-0.15, -0.1) is 0 Å². The maximum atomic E-state index is 13.6. The topological polar surface area (TPSA) is 90.9 Å². The highest BCUT2D eigenvalue weighted by Gasteiger charge is 2.24. The molecule has 0 fully saturated rings. The van der Waals surface area contributed by atoms with Crippen molar-refractivity contribution in [3.05, 3.63) is 137 Å². The molecule has 0 heterocycles. The molecule has 4 aromatic carbocycles. The molecule has 3 N–H and O–H groups in total. The Morgan fingerprint density at radius 2 is 1.51 bits per heavy atom. The van der Waals surface area contributed by atoms with Gasteiger partial charge < -0.3 is 25.4 Å². The second kappa shape index (κ2) is 15.1. The molecule has 7 heteroatoms. The summed E-state index contributed by atoms with van der Waals surface area (Å²) in [5.74, 6) is 0.256. The number of nitrogens with one attached hydrogen (secondary N) is 2. The van der Waals surface area contributed by atoms with Crippen LogP contribution in [-0.4, -0.2) is 54.7 Å². The van der Waals surface area contributed by atoms with Gasteiger partial charge in [0.25, 0.3) is 11.8 Å². The predicted molar refractivity (Wildman–Crippen MR) is 170 cm³/mol. The van der Waals surface area contributed by atoms with E-state index < -0.39 is 12.1 Å². The summed E-state index contributed by atoms with van der Waals surface area (Å²) in [6, 6.07) is 31.8. The van der Waals surface area contributed by atoms with E-state index in [1.54, 1.807) is 37.3 Å². The number of ether oxygens (including phenoxy) is 1. The fourth-order valence-corrected chi connectivity index (χ4v) is 5.06. The van der Waals surface area contributed by atoms with Gasteiger partial charge >= 0.3 is 0 Å². The SMILES string of the molecule is COc1cccc(CNC[C@@H](O)[C@H](Cc2ccccc2)NC(=O)c2cc(C)cc(C(=O)N(C)[C@H](C)c3ccccc3)c2)c1. The summed E-state index contributed by atoms with van der Waals surface area (Å²) < 4.78 is 5.30. The van der Waals surface area contributed by atoms with E-state index >= 15 is 0 Å². The van der Waals surface area contributed by atoms with Crippen LogP contribution in [0.2, 0.25) is 0 Å². The number of hydrogen-bond donors (Lipinski definition) is 3. The normalized spacial score (nSPS) is 13.0. The molecule has 0 saturated heterocycles. The molecule has 0 aromatic heterocycles. The van der Waals surface area contributed by atoms with Crippen molar-refractivity contribution in [2.75, 3.05) is 20.7 Å². The number of carbonyl (C=O) groups excluding carboxylic acids is 2. The standard InChI is InChI=1S/C36H41N3O4/c1-25-18-30(22-31(19-25)36(42)39(3)26(2)29-15-9-6-10-16-29)35(41)38-33(21-27-12-7-5-8-13-27)34(40)24-37-23-28-14-11-17-32(20-28)43-4/h5-20,22,26,33-34,37,40H,21,23-24H2,1-4H3,(H,38,41)/t26-,33+,34-/m1/s1. The van der Waals surface area contributed by atoms with Crippen molar-refractivity contribution in [2.45, 2.75) is 45.0 Å². The minimum absolute atomic E-state index is 0.138. The van der Waals surface area contributed by atoms with Crippen molar-refractivity contribution in [3.8, 4) is 5.75 Å². The molecular formula is C36H41N3O4. The lowest BCUT2D eigenvalue weighted by Crippen LogP contribution is -2.48. The van der Waals surface area contributed by atoms with E-state index in [1.807, 2.05) is 98.8 Å². The molecule has 0 aliphatic heterocycles. The Morgan fingerprint density at radius 1 is 0.860 bits per heavy atom. The molecule has 7 nitrogen and oxygen atoms in total. The monoisotopic (exact) mass is 579 g/mol. The van der Waals surface area contributed by atoms with Gasteiger partial charge in [0.1, 0.15) is 5.75 Å². The minimum Gasteiger partial charge on any atom is -0.497 e. The maximum Gasteiger partial charge on any atom is 0.254 e. The van der Waals surface area contributed by atoms with Crippen molar-refractivity contribution in [2.24, 2.45) is 0 Å². The first-order valence-electron chi connectivity index (χ1n) is 14.6. The van der Waals surface area contributed by atoms with Gasteiger partial charge in [0.2, 0.25) is 0 Å². The number of nitrogens with zero attached hydrogens (tertiary/aromatic N) is 1. The molecule has 0 saturated carbocycles. The molecule has 224 valence electrons. The van der Waals surface area contributed by atoms with E-state index in [2.05, 4.69) is 10.6 Å². The van der Waals surface area contributed by atoms with Crippen LogP contribution in [0.5, 0.6) is 5.75 Å². The van der Waals surface area contributed by atoms with Crippen LogP contribution >= 0.6 is 0 Å². The van der Waals surface area contributed by atoms with Crippen molar-refractivity contribution in [1.29, 1.82) is 0 Å². The first-order chi connectivity index (χ1) is 20.7. The fraction of sp³-hybridized carbons (Fsp3) is 0.278. The third-order valence-electron chi connectivity index (χ3n) is 7.67. The van der Waals surface area contributed by atoms with Crippen LogP contribution in [0.25, 0.3) is 0 Å². The van der Waals surface area contributed by atoms with Gasteiger partial charge in [0, 0.05) is 31.3 Å². The van der Waals surface area contributed by atoms with Crippen molar-refractivity contribution >= 4 is 11.8 Å². The third kappa shape index (κ3) is 8.77. The molecule has 4 aromatic rings. The summed E-state index contributed by atoms with van der Waals surface area (Å²) >= 11 is 0. The van der Waals surface area contributed by atoms with Crippen molar-refractivity contribution in [3.63, 3.8) is 0 Å². The zero-order chi connectivity index (χ0) is 30.8. The van der Waals surface area contributed by atoms with E-state index in [-0.39, 0.29) is 24.4 Å². The van der Waals surface area contributed by atoms with E-state index in [9.17, 15) is 14.7 Å². The fourth-order valence-electron chi connectivity index (χ4n) is 5.06. The van der Waals surface area contributed by atoms with Gasteiger partial charge in [-0.05, 0) is 72.9 Å². The van der Waals surface area contributed by atoms with Gasteiger partial charge in [-0.1, -0.05) is 72.8 Å². The molecular weight excluding hydrogens is 538 g/mol. The van der Waals surface area contributed by atoms with Crippen LogP contribution in [0.4, 0.5) is 0 Å².